The molecule has 0 unspecified atom stereocenters. The van der Waals surface area contributed by atoms with Crippen LogP contribution >= 0.6 is 0 Å². The van der Waals surface area contributed by atoms with Crippen LogP contribution in [0.25, 0.3) is 33.4 Å². The van der Waals surface area contributed by atoms with E-state index in [-0.39, 0.29) is 65.5 Å². The molecule has 4 aliphatic rings. The van der Waals surface area contributed by atoms with Crippen LogP contribution in [0.1, 0.15) is 33.6 Å². The number of aromatic carboxylic acids is 1. The van der Waals surface area contributed by atoms with E-state index < -0.39 is 42.9 Å². The number of carboxylic acid groups (broad SMARTS) is 4. The number of carboxylic acids is 4. The molecule has 350 valence electrons. The zero-order valence-corrected chi connectivity index (χ0v) is 36.6. The van der Waals surface area contributed by atoms with Crippen molar-refractivity contribution in [3.63, 3.8) is 0 Å². The van der Waals surface area contributed by atoms with Gasteiger partial charge in [0.1, 0.15) is 68.8 Å². The Bertz CT molecular complexity index is 2970. The molecule has 4 aromatic carbocycles. The number of benzene rings is 5. The second-order valence-electron chi connectivity index (χ2n) is 15.8. The Morgan fingerprint density at radius 2 is 1.46 bits per heavy atom. The van der Waals surface area contributed by atoms with Crippen molar-refractivity contribution in [3.8, 4) is 33.9 Å². The van der Waals surface area contributed by atoms with Gasteiger partial charge in [-0.2, -0.15) is 9.59 Å². The number of hydrogen-bond acceptors (Lipinski definition) is 14. The van der Waals surface area contributed by atoms with Crippen LogP contribution in [0.5, 0.6) is 11.5 Å². The van der Waals surface area contributed by atoms with E-state index >= 15 is 0 Å². The highest BCUT2D eigenvalue weighted by atomic mass is 16.5. The molecular formula is C49H45N5O14. The smallest absolute Gasteiger partial charge is 0.373 e. The van der Waals surface area contributed by atoms with Gasteiger partial charge in [-0.25, -0.2) is 4.58 Å². The normalized spacial score (nSPS) is 12.7. The number of hydrogen-bond donors (Lipinski definition) is 4. The van der Waals surface area contributed by atoms with Crippen molar-refractivity contribution in [2.75, 3.05) is 86.1 Å². The van der Waals surface area contributed by atoms with Gasteiger partial charge in [-0.05, 0) is 66.6 Å². The Morgan fingerprint density at radius 3 is 2.09 bits per heavy atom. The first-order valence-electron chi connectivity index (χ1n) is 21.3. The quantitative estimate of drug-likeness (QED) is 0.0546. The van der Waals surface area contributed by atoms with Gasteiger partial charge in [-0.3, -0.25) is 19.2 Å². The molecule has 0 aromatic heterocycles. The monoisotopic (exact) mass is 927 g/mol. The van der Waals surface area contributed by atoms with E-state index in [1.807, 2.05) is 36.4 Å². The summed E-state index contributed by atoms with van der Waals surface area (Å²) in [6.07, 6.45) is 2.42. The van der Waals surface area contributed by atoms with E-state index in [9.17, 15) is 44.4 Å². The Labute approximate surface area is 387 Å². The Kier molecular flexibility index (Phi) is 14.7. The standard InChI is InChI=1S/C48H45N5O12.CO2/c1-50(26-43(54)55)37-15-9-30(23-42(37)64-21-20-63-39-7-3-2-6-38(39)53(27-44(56)57)28-45(58)59)49-47(60)29-8-12-33(48(61)62)36(22-29)46-34-13-10-31(51-16-4-17-51)24-40(34)65-41-25-32(11-14-35(41)46)52-18-5-19-52;2-1-3/h2-3,6-15,22-25H,4-5,16-21,26-28H2,1H3,(H4-,49,54,55,56,57,58,59,60,61,62);. The van der Waals surface area contributed by atoms with Gasteiger partial charge >= 0.3 is 24.1 Å². The lowest BCUT2D eigenvalue weighted by molar-refractivity contribution is -0.255. The molecule has 0 spiro atoms. The van der Waals surface area contributed by atoms with Crippen molar-refractivity contribution in [2.24, 2.45) is 0 Å². The first-order valence-corrected chi connectivity index (χ1v) is 21.3. The molecule has 19 heteroatoms. The first-order chi connectivity index (χ1) is 32.7. The molecule has 1 aliphatic carbocycles. The molecule has 2 saturated heterocycles. The van der Waals surface area contributed by atoms with Crippen molar-refractivity contribution in [2.45, 2.75) is 12.8 Å². The van der Waals surface area contributed by atoms with Crippen LogP contribution in [0.2, 0.25) is 0 Å². The maximum Gasteiger partial charge on any atom is 0.373 e. The fourth-order valence-corrected chi connectivity index (χ4v) is 7.98. The van der Waals surface area contributed by atoms with Crippen LogP contribution in [-0.4, -0.2) is 117 Å². The van der Waals surface area contributed by atoms with E-state index in [2.05, 4.69) is 14.8 Å². The van der Waals surface area contributed by atoms with Gasteiger partial charge in [0.15, 0.2) is 0 Å². The van der Waals surface area contributed by atoms with Gasteiger partial charge < -0.3 is 59.1 Å². The van der Waals surface area contributed by atoms with Crippen LogP contribution < -0.4 is 44.5 Å². The zero-order chi connectivity index (χ0) is 48.5. The molecule has 3 heterocycles. The molecule has 68 heavy (non-hydrogen) atoms. The van der Waals surface area contributed by atoms with Crippen LogP contribution in [-0.2, 0) is 24.0 Å². The molecular weight excluding hydrogens is 883 g/mol. The third kappa shape index (κ3) is 10.9. The second-order valence-corrected chi connectivity index (χ2v) is 15.8. The van der Waals surface area contributed by atoms with Gasteiger partial charge in [0.25, 0.3) is 5.91 Å². The third-order valence-electron chi connectivity index (χ3n) is 11.4. The fourth-order valence-electron chi connectivity index (χ4n) is 7.98. The van der Waals surface area contributed by atoms with Gasteiger partial charge in [0.2, 0.25) is 5.36 Å². The van der Waals surface area contributed by atoms with E-state index in [1.54, 1.807) is 37.4 Å². The van der Waals surface area contributed by atoms with Crippen LogP contribution in [0.4, 0.5) is 22.7 Å². The number of anilines is 4. The first kappa shape index (κ1) is 47.3. The predicted molar refractivity (Wildman–Crippen MR) is 244 cm³/mol. The predicted octanol–water partition coefficient (Wildman–Crippen LogP) is 3.58. The Balaban J connectivity index is 0.00000222. The minimum atomic E-state index is -1.42. The molecule has 2 fully saturated rings. The van der Waals surface area contributed by atoms with Gasteiger partial charge in [0.05, 0.1) is 29.8 Å². The summed E-state index contributed by atoms with van der Waals surface area (Å²) in [4.78, 5) is 82.6. The molecule has 0 radical (unpaired) electrons. The number of rotatable bonds is 18. The van der Waals surface area contributed by atoms with E-state index in [1.165, 1.54) is 35.2 Å². The average Bonchev–Trinajstić information content (AvgIpc) is 3.25. The molecule has 4 aromatic rings. The van der Waals surface area contributed by atoms with E-state index in [0.717, 1.165) is 55.0 Å². The number of carbonyl (C=O) groups is 5. The number of carbonyl (C=O) groups excluding carboxylic acids is 4. The summed E-state index contributed by atoms with van der Waals surface area (Å²) in [7, 11) is 1.56. The molecule has 0 saturated carbocycles. The summed E-state index contributed by atoms with van der Waals surface area (Å²) in [5.41, 5.74) is 3.98. The number of nitrogens with one attached hydrogen (secondary N) is 1. The summed E-state index contributed by atoms with van der Waals surface area (Å²) < 4.78 is 20.8. The van der Waals surface area contributed by atoms with Crippen molar-refractivity contribution in [3.05, 3.63) is 114 Å². The maximum absolute atomic E-state index is 14.1. The number of para-hydroxylation sites is 2. The van der Waals surface area contributed by atoms with Crippen LogP contribution in [0, 0.1) is 0 Å². The maximum atomic E-state index is 14.1. The Hall–Kier alpha value is -8.70. The van der Waals surface area contributed by atoms with Gasteiger partial charge in [0, 0.05) is 77.4 Å². The van der Waals surface area contributed by atoms with E-state index in [4.69, 9.17) is 23.5 Å². The van der Waals surface area contributed by atoms with Crippen molar-refractivity contribution < 1.29 is 67.9 Å². The number of fused-ring (bicyclic) bond motifs is 2. The zero-order valence-electron chi connectivity index (χ0n) is 36.6. The molecule has 4 N–H and O–H groups in total. The lowest BCUT2D eigenvalue weighted by Gasteiger charge is -2.33. The minimum absolute atomic E-state index is 0.0908. The molecule has 19 nitrogen and oxygen atoms in total. The SMILES string of the molecule is CN(CC(=O)O)c1ccc(NC(=O)c2ccc(C(=O)[O-])c(-c3c4ccc(=[N+]5CCC5)cc-4oc4cc(N5CCC5)ccc34)c2)cc1OCCOc1ccccc1N(CC(=O)O)CC(=O)O.O=C=O. The number of ether oxygens (including phenoxy) is 2. The summed E-state index contributed by atoms with van der Waals surface area (Å²) in [5.74, 6) is -4.59. The molecule has 3 aliphatic heterocycles. The number of likely N-dealkylation sites (N-methyl/N-ethyl adjacent to an activating group) is 1. The lowest BCUT2D eigenvalue weighted by Crippen LogP contribution is -2.40. The average molecular weight is 928 g/mol. The number of amides is 1. The van der Waals surface area contributed by atoms with Crippen molar-refractivity contribution >= 4 is 69.7 Å². The largest absolute Gasteiger partial charge is 0.545 e. The van der Waals surface area contributed by atoms with Crippen molar-refractivity contribution in [1.29, 1.82) is 0 Å². The fraction of sp³-hybridized carbons (Fsp3) is 0.245. The van der Waals surface area contributed by atoms with Crippen LogP contribution in [0.15, 0.2) is 101 Å². The molecule has 0 bridgehead atoms. The van der Waals surface area contributed by atoms with E-state index in [0.29, 0.717) is 33.5 Å². The topological polar surface area (TPSA) is 260 Å². The van der Waals surface area contributed by atoms with Crippen LogP contribution in [0.3, 0.4) is 0 Å². The Morgan fingerprint density at radius 1 is 0.765 bits per heavy atom. The van der Waals surface area contributed by atoms with Gasteiger partial charge in [-0.1, -0.05) is 18.2 Å². The lowest BCUT2D eigenvalue weighted by atomic mass is 9.89. The summed E-state index contributed by atoms with van der Waals surface area (Å²) in [5, 5.41) is 45.6. The number of nitrogens with zero attached hydrogens (tertiary/aromatic N) is 4. The van der Waals surface area contributed by atoms with Crippen molar-refractivity contribution in [1.82, 2.24) is 4.58 Å². The highest BCUT2D eigenvalue weighted by Crippen LogP contribution is 2.43. The molecule has 8 rings (SSSR count). The molecule has 0 atom stereocenters. The summed E-state index contributed by atoms with van der Waals surface area (Å²) in [6.45, 7) is 1.94. The molecule has 1 amide bonds. The third-order valence-corrected chi connectivity index (χ3v) is 11.4. The summed E-state index contributed by atoms with van der Waals surface area (Å²) in [6, 6.07) is 27.0. The van der Waals surface area contributed by atoms with Gasteiger partial charge in [-0.15, -0.1) is 0 Å². The highest BCUT2D eigenvalue weighted by Gasteiger charge is 2.26. The summed E-state index contributed by atoms with van der Waals surface area (Å²) >= 11 is 0. The highest BCUT2D eigenvalue weighted by molar-refractivity contribution is 6.11. The minimum Gasteiger partial charge on any atom is -0.545 e. The second kappa shape index (κ2) is 21.1. The number of aliphatic carboxylic acids is 3.